The summed E-state index contributed by atoms with van der Waals surface area (Å²) in [5.41, 5.74) is 3.70. The quantitative estimate of drug-likeness (QED) is 0.752. The molecule has 5 heteroatoms. The number of likely N-dealkylation sites (tertiary alicyclic amines) is 1. The smallest absolute Gasteiger partial charge is 0.174 e. The maximum atomic E-state index is 13.3. The molecule has 4 atom stereocenters. The first-order chi connectivity index (χ1) is 16.0. The van der Waals surface area contributed by atoms with Crippen LogP contribution in [0.2, 0.25) is 0 Å². The number of carbonyl (C=O) groups is 1. The zero-order valence-electron chi connectivity index (χ0n) is 19.2. The van der Waals surface area contributed by atoms with E-state index in [1.54, 1.807) is 6.07 Å². The number of phenolic OH excluding ortho intramolecular Hbond substituents is 1. The lowest BCUT2D eigenvalue weighted by atomic mass is 9.48. The number of rotatable bonds is 5. The van der Waals surface area contributed by atoms with Crippen LogP contribution in [0.25, 0.3) is 0 Å². The molecule has 2 heterocycles. The SMILES string of the molecule is Cc1ccccc1CO[C@@]12CCC(=O)[C@@H]3Oc4c(O)ccc5c4[C@@]31CCN(CC1CC1)[C@@H]2C5. The lowest BCUT2D eigenvalue weighted by molar-refractivity contribution is -0.218. The molecular formula is C28H31NO4. The van der Waals surface area contributed by atoms with Gasteiger partial charge in [0.15, 0.2) is 23.4 Å². The van der Waals surface area contributed by atoms with E-state index in [0.717, 1.165) is 43.8 Å². The fourth-order valence-electron chi connectivity index (χ4n) is 7.51. The number of ether oxygens (including phenoxy) is 2. The Balaban J connectivity index is 1.40. The van der Waals surface area contributed by atoms with Gasteiger partial charge in [-0.25, -0.2) is 0 Å². The van der Waals surface area contributed by atoms with E-state index in [0.29, 0.717) is 18.8 Å². The van der Waals surface area contributed by atoms with Gasteiger partial charge in [-0.2, -0.15) is 0 Å². The van der Waals surface area contributed by atoms with E-state index < -0.39 is 17.1 Å². The molecule has 2 aliphatic heterocycles. The number of phenols is 1. The first-order valence-corrected chi connectivity index (χ1v) is 12.5. The van der Waals surface area contributed by atoms with Crippen LogP contribution in [0.4, 0.5) is 0 Å². The third-order valence-corrected chi connectivity index (χ3v) is 9.26. The Hall–Kier alpha value is -2.37. The number of aromatic hydroxyl groups is 1. The second-order valence-electron chi connectivity index (χ2n) is 10.9. The van der Waals surface area contributed by atoms with E-state index in [4.69, 9.17) is 9.47 Å². The first-order valence-electron chi connectivity index (χ1n) is 12.5. The van der Waals surface area contributed by atoms with Gasteiger partial charge in [0.25, 0.3) is 0 Å². The van der Waals surface area contributed by atoms with E-state index in [2.05, 4.69) is 42.2 Å². The van der Waals surface area contributed by atoms with Gasteiger partial charge in [0.2, 0.25) is 0 Å². The standard InChI is InChI=1S/C28H31NO4/c1-17-4-2-3-5-20(17)16-32-28-11-10-22(31)26-27(28)12-13-29(15-18-6-7-18)23(28)14-19-8-9-21(30)25(33-26)24(19)27/h2-5,8-9,18,23,26,30H,6-7,10-16H2,1H3/t23-,26+,27+,28-/m1/s1. The molecule has 2 bridgehead atoms. The largest absolute Gasteiger partial charge is 0.504 e. The van der Waals surface area contributed by atoms with Crippen LogP contribution in [0.15, 0.2) is 36.4 Å². The zero-order chi connectivity index (χ0) is 22.4. The number of hydrogen-bond acceptors (Lipinski definition) is 5. The van der Waals surface area contributed by atoms with Crippen molar-refractivity contribution < 1.29 is 19.4 Å². The van der Waals surface area contributed by atoms with Crippen molar-refractivity contribution in [2.24, 2.45) is 5.92 Å². The summed E-state index contributed by atoms with van der Waals surface area (Å²) in [6, 6.07) is 12.4. The van der Waals surface area contributed by atoms with E-state index in [1.165, 1.54) is 29.5 Å². The van der Waals surface area contributed by atoms with Crippen LogP contribution in [-0.2, 0) is 28.0 Å². The molecule has 2 aromatic carbocycles. The van der Waals surface area contributed by atoms with Crippen molar-refractivity contribution in [3.8, 4) is 11.5 Å². The highest BCUT2D eigenvalue weighted by atomic mass is 16.5. The van der Waals surface area contributed by atoms with Crippen LogP contribution in [0.3, 0.4) is 0 Å². The average molecular weight is 446 g/mol. The monoisotopic (exact) mass is 445 g/mol. The van der Waals surface area contributed by atoms with Gasteiger partial charge in [0.05, 0.1) is 17.6 Å². The lowest BCUT2D eigenvalue weighted by Gasteiger charge is -2.64. The lowest BCUT2D eigenvalue weighted by Crippen LogP contribution is -2.77. The molecule has 0 radical (unpaired) electrons. The minimum Gasteiger partial charge on any atom is -0.504 e. The van der Waals surface area contributed by atoms with Gasteiger partial charge in [-0.05, 0) is 74.2 Å². The number of benzene rings is 2. The average Bonchev–Trinajstić information content (AvgIpc) is 3.55. The van der Waals surface area contributed by atoms with Crippen LogP contribution < -0.4 is 4.74 Å². The first kappa shape index (κ1) is 20.0. The minimum absolute atomic E-state index is 0.150. The van der Waals surface area contributed by atoms with E-state index >= 15 is 0 Å². The zero-order valence-corrected chi connectivity index (χ0v) is 19.2. The maximum absolute atomic E-state index is 13.3. The third-order valence-electron chi connectivity index (χ3n) is 9.26. The summed E-state index contributed by atoms with van der Waals surface area (Å²) in [5, 5.41) is 10.7. The molecule has 0 amide bonds. The summed E-state index contributed by atoms with van der Waals surface area (Å²) in [6.45, 7) is 4.74. The van der Waals surface area contributed by atoms with Crippen LogP contribution in [0.1, 0.15) is 54.4 Å². The van der Waals surface area contributed by atoms with Gasteiger partial charge < -0.3 is 14.6 Å². The highest BCUT2D eigenvalue weighted by Gasteiger charge is 2.74. The van der Waals surface area contributed by atoms with Crippen LogP contribution in [-0.4, -0.2) is 46.6 Å². The van der Waals surface area contributed by atoms with Gasteiger partial charge in [-0.3, -0.25) is 9.69 Å². The Morgan fingerprint density at radius 2 is 2.03 bits per heavy atom. The van der Waals surface area contributed by atoms with Crippen molar-refractivity contribution in [2.75, 3.05) is 13.1 Å². The molecule has 7 rings (SSSR count). The van der Waals surface area contributed by atoms with Crippen molar-refractivity contribution in [3.05, 3.63) is 58.7 Å². The predicted molar refractivity (Wildman–Crippen MR) is 124 cm³/mol. The molecule has 5 aliphatic rings. The molecule has 3 aliphatic carbocycles. The predicted octanol–water partition coefficient (Wildman–Crippen LogP) is 4.06. The molecule has 1 spiro atoms. The van der Waals surface area contributed by atoms with Crippen LogP contribution in [0, 0.1) is 12.8 Å². The van der Waals surface area contributed by atoms with Gasteiger partial charge in [0, 0.05) is 24.6 Å². The summed E-state index contributed by atoms with van der Waals surface area (Å²) >= 11 is 0. The summed E-state index contributed by atoms with van der Waals surface area (Å²) in [5.74, 6) is 1.63. The molecular weight excluding hydrogens is 414 g/mol. The normalized spacial score (nSPS) is 34.2. The van der Waals surface area contributed by atoms with Gasteiger partial charge >= 0.3 is 0 Å². The second kappa shape index (κ2) is 6.83. The van der Waals surface area contributed by atoms with E-state index in [1.807, 2.05) is 0 Å². The molecule has 0 aromatic heterocycles. The number of aryl methyl sites for hydroxylation is 1. The Bertz CT molecular complexity index is 1160. The number of piperidine rings is 1. The highest BCUT2D eigenvalue weighted by Crippen LogP contribution is 2.66. The fraction of sp³-hybridized carbons (Fsp3) is 0.536. The Kier molecular flexibility index (Phi) is 4.15. The molecule has 172 valence electrons. The van der Waals surface area contributed by atoms with Gasteiger partial charge in [0.1, 0.15) is 0 Å². The molecule has 5 nitrogen and oxygen atoms in total. The van der Waals surface area contributed by atoms with Crippen molar-refractivity contribution in [1.29, 1.82) is 0 Å². The molecule has 0 unspecified atom stereocenters. The molecule has 33 heavy (non-hydrogen) atoms. The maximum Gasteiger partial charge on any atom is 0.174 e. The molecule has 2 aromatic rings. The van der Waals surface area contributed by atoms with Crippen molar-refractivity contribution >= 4 is 5.78 Å². The number of nitrogens with zero attached hydrogens (tertiary/aromatic N) is 1. The van der Waals surface area contributed by atoms with E-state index in [9.17, 15) is 9.90 Å². The molecule has 3 fully saturated rings. The Morgan fingerprint density at radius 3 is 2.85 bits per heavy atom. The summed E-state index contributed by atoms with van der Waals surface area (Å²) in [6.07, 6.45) is 5.00. The Labute approximate surface area is 194 Å². The van der Waals surface area contributed by atoms with Crippen molar-refractivity contribution in [1.82, 2.24) is 4.90 Å². The number of Topliss-reactive ketones (excluding diaryl/α,β-unsaturated/α-hetero) is 1. The topological polar surface area (TPSA) is 59.0 Å². The fourth-order valence-corrected chi connectivity index (χ4v) is 7.51. The highest BCUT2D eigenvalue weighted by molar-refractivity contribution is 5.90. The number of hydrogen-bond donors (Lipinski definition) is 1. The third kappa shape index (κ3) is 2.58. The van der Waals surface area contributed by atoms with Crippen molar-refractivity contribution in [2.45, 2.75) is 75.2 Å². The number of carbonyl (C=O) groups excluding carboxylic acids is 1. The van der Waals surface area contributed by atoms with Crippen LogP contribution in [0.5, 0.6) is 11.5 Å². The van der Waals surface area contributed by atoms with E-state index in [-0.39, 0.29) is 17.6 Å². The molecule has 2 saturated carbocycles. The van der Waals surface area contributed by atoms with Gasteiger partial charge in [-0.15, -0.1) is 0 Å². The summed E-state index contributed by atoms with van der Waals surface area (Å²) < 4.78 is 13.5. The molecule has 1 N–H and O–H groups in total. The summed E-state index contributed by atoms with van der Waals surface area (Å²) in [4.78, 5) is 16.0. The summed E-state index contributed by atoms with van der Waals surface area (Å²) in [7, 11) is 0. The second-order valence-corrected chi connectivity index (χ2v) is 10.9. The minimum atomic E-state index is -0.559. The van der Waals surface area contributed by atoms with Crippen LogP contribution >= 0.6 is 0 Å². The Morgan fingerprint density at radius 1 is 1.18 bits per heavy atom. The van der Waals surface area contributed by atoms with Gasteiger partial charge in [-0.1, -0.05) is 30.3 Å². The number of ketones is 1. The van der Waals surface area contributed by atoms with Crippen molar-refractivity contribution in [3.63, 3.8) is 0 Å². The molecule has 1 saturated heterocycles.